The lowest BCUT2D eigenvalue weighted by atomic mass is 10.1. The summed E-state index contributed by atoms with van der Waals surface area (Å²) in [7, 11) is 0. The zero-order chi connectivity index (χ0) is 19.5. The number of hydrogen-bond acceptors (Lipinski definition) is 7. The number of nitrogens with one attached hydrogen (secondary N) is 1. The van der Waals surface area contributed by atoms with Crippen molar-refractivity contribution in [2.75, 3.05) is 0 Å². The average Bonchev–Trinajstić information content (AvgIpc) is 3.41. The third-order valence-corrected chi connectivity index (χ3v) is 4.93. The summed E-state index contributed by atoms with van der Waals surface area (Å²) < 4.78 is 11.3. The third-order valence-electron chi connectivity index (χ3n) is 3.98. The highest BCUT2D eigenvalue weighted by atomic mass is 32.2. The van der Waals surface area contributed by atoms with Crippen molar-refractivity contribution in [3.05, 3.63) is 65.2 Å². The molecule has 1 unspecified atom stereocenters. The number of nitrogens with zero attached hydrogens (tertiary/aromatic N) is 4. The molecule has 0 spiro atoms. The molecule has 0 bridgehead atoms. The molecule has 1 aromatic carbocycles. The monoisotopic (exact) mass is 393 g/mol. The first-order valence-corrected chi connectivity index (χ1v) is 9.69. The largest absolute Gasteiger partial charge is 0.462 e. The van der Waals surface area contributed by atoms with E-state index in [1.54, 1.807) is 0 Å². The second-order valence-corrected chi connectivity index (χ2v) is 7.67. The van der Waals surface area contributed by atoms with Crippen LogP contribution in [-0.2, 0) is 0 Å². The summed E-state index contributed by atoms with van der Waals surface area (Å²) in [6.07, 6.45) is 3.67. The molecule has 0 amide bonds. The summed E-state index contributed by atoms with van der Waals surface area (Å²) in [6.45, 7) is 5.92. The van der Waals surface area contributed by atoms with Crippen LogP contribution < -0.4 is 0 Å². The zero-order valence-corrected chi connectivity index (χ0v) is 16.5. The average molecular weight is 393 g/mol. The predicted molar refractivity (Wildman–Crippen MR) is 107 cm³/mol. The fourth-order valence-corrected chi connectivity index (χ4v) is 3.35. The lowest BCUT2D eigenvalue weighted by Crippen LogP contribution is -1.89. The molecule has 7 nitrogen and oxygen atoms in total. The summed E-state index contributed by atoms with van der Waals surface area (Å²) in [5.41, 5.74) is 2.06. The van der Waals surface area contributed by atoms with Crippen molar-refractivity contribution in [2.45, 2.75) is 31.2 Å². The van der Waals surface area contributed by atoms with Crippen LogP contribution in [0, 0.1) is 13.8 Å². The molecule has 0 fully saturated rings. The van der Waals surface area contributed by atoms with Crippen molar-refractivity contribution in [3.8, 4) is 11.5 Å². The molecule has 1 N–H and O–H groups in total. The van der Waals surface area contributed by atoms with Crippen LogP contribution in [0.4, 0.5) is 0 Å². The molecule has 3 heterocycles. The first-order chi connectivity index (χ1) is 13.6. The van der Waals surface area contributed by atoms with Crippen LogP contribution >= 0.6 is 11.8 Å². The van der Waals surface area contributed by atoms with E-state index in [1.807, 2.05) is 69.3 Å². The molecule has 0 aliphatic rings. The van der Waals surface area contributed by atoms with E-state index in [0.29, 0.717) is 22.8 Å². The molecule has 3 aromatic heterocycles. The van der Waals surface area contributed by atoms with Crippen LogP contribution in [0.1, 0.15) is 41.0 Å². The molecule has 8 heteroatoms. The maximum absolute atomic E-state index is 5.84. The summed E-state index contributed by atoms with van der Waals surface area (Å²) in [5.74, 6) is 3.33. The number of H-pyrrole nitrogens is 1. The van der Waals surface area contributed by atoms with Crippen molar-refractivity contribution in [1.29, 1.82) is 0 Å². The minimum absolute atomic E-state index is 0.0774. The topological polar surface area (TPSA) is 93.6 Å². The van der Waals surface area contributed by atoms with Gasteiger partial charge in [0.15, 0.2) is 0 Å². The van der Waals surface area contributed by atoms with Crippen molar-refractivity contribution in [1.82, 2.24) is 25.4 Å². The summed E-state index contributed by atoms with van der Waals surface area (Å²) in [4.78, 5) is 4.45. The van der Waals surface area contributed by atoms with Crippen LogP contribution in [0.15, 0.2) is 50.4 Å². The number of aryl methyl sites for hydroxylation is 2. The van der Waals surface area contributed by atoms with Gasteiger partial charge in [0.05, 0.1) is 5.25 Å². The molecule has 0 aliphatic heterocycles. The number of thioether (sulfide) groups is 1. The molecular weight excluding hydrogens is 374 g/mol. The second kappa shape index (κ2) is 7.85. The molecule has 142 valence electrons. The SMILES string of the molecule is Cc1cccc(-c2nnc(C(C)Sc3n[nH]c(/C=C/c4ccc(C)o4)n3)o2)c1. The van der Waals surface area contributed by atoms with E-state index in [1.165, 1.54) is 11.8 Å². The zero-order valence-electron chi connectivity index (χ0n) is 15.7. The van der Waals surface area contributed by atoms with Crippen LogP contribution in [-0.4, -0.2) is 25.4 Å². The quantitative estimate of drug-likeness (QED) is 0.456. The van der Waals surface area contributed by atoms with Gasteiger partial charge in [-0.3, -0.25) is 5.10 Å². The Kier molecular flexibility index (Phi) is 5.12. The normalized spacial score (nSPS) is 12.7. The second-order valence-electron chi connectivity index (χ2n) is 6.36. The van der Waals surface area contributed by atoms with Gasteiger partial charge < -0.3 is 8.83 Å². The Bertz CT molecular complexity index is 1110. The van der Waals surface area contributed by atoms with Crippen LogP contribution in [0.25, 0.3) is 23.6 Å². The smallest absolute Gasteiger partial charge is 0.247 e. The minimum atomic E-state index is -0.0774. The highest BCUT2D eigenvalue weighted by Crippen LogP contribution is 2.33. The van der Waals surface area contributed by atoms with Crippen molar-refractivity contribution in [2.24, 2.45) is 0 Å². The van der Waals surface area contributed by atoms with Gasteiger partial charge in [-0.15, -0.1) is 15.3 Å². The van der Waals surface area contributed by atoms with E-state index in [0.717, 1.165) is 22.6 Å². The Morgan fingerprint density at radius 1 is 1.07 bits per heavy atom. The standard InChI is InChI=1S/C20H19N5O2S/c1-12-5-4-6-15(11-12)19-24-23-18(27-19)14(3)28-20-21-17(22-25-20)10-9-16-8-7-13(2)26-16/h4-11,14H,1-3H3,(H,21,22,25)/b10-9+. The van der Waals surface area contributed by atoms with E-state index < -0.39 is 0 Å². The Hall–Kier alpha value is -3.13. The number of aromatic nitrogens is 5. The molecule has 0 radical (unpaired) electrons. The molecule has 0 saturated heterocycles. The van der Waals surface area contributed by atoms with E-state index in [-0.39, 0.29) is 5.25 Å². The molecule has 1 atom stereocenters. The number of hydrogen-bond donors (Lipinski definition) is 1. The molecule has 4 aromatic rings. The van der Waals surface area contributed by atoms with Gasteiger partial charge in [0, 0.05) is 5.56 Å². The first-order valence-electron chi connectivity index (χ1n) is 8.81. The maximum Gasteiger partial charge on any atom is 0.247 e. The van der Waals surface area contributed by atoms with Crippen LogP contribution in [0.3, 0.4) is 0 Å². The molecule has 28 heavy (non-hydrogen) atoms. The molecular formula is C20H19N5O2S. The third kappa shape index (κ3) is 4.23. The molecule has 0 saturated carbocycles. The van der Waals surface area contributed by atoms with E-state index in [9.17, 15) is 0 Å². The predicted octanol–water partition coefficient (Wildman–Crippen LogP) is 5.09. The van der Waals surface area contributed by atoms with Gasteiger partial charge in [0.1, 0.15) is 17.3 Å². The summed E-state index contributed by atoms with van der Waals surface area (Å²) in [5, 5.41) is 16.0. The van der Waals surface area contributed by atoms with Gasteiger partial charge in [0.2, 0.25) is 16.9 Å². The fraction of sp³-hybridized carbons (Fsp3) is 0.200. The van der Waals surface area contributed by atoms with Crippen molar-refractivity contribution in [3.63, 3.8) is 0 Å². The van der Waals surface area contributed by atoms with Gasteiger partial charge in [-0.05, 0) is 57.2 Å². The Morgan fingerprint density at radius 2 is 1.96 bits per heavy atom. The van der Waals surface area contributed by atoms with Gasteiger partial charge in [-0.1, -0.05) is 29.5 Å². The Balaban J connectivity index is 1.42. The number of furan rings is 1. The molecule has 0 aliphatic carbocycles. The van der Waals surface area contributed by atoms with Crippen molar-refractivity contribution >= 4 is 23.9 Å². The minimum Gasteiger partial charge on any atom is -0.462 e. The Morgan fingerprint density at radius 3 is 2.75 bits per heavy atom. The molecule has 4 rings (SSSR count). The Labute approximate surface area is 166 Å². The maximum atomic E-state index is 5.84. The van der Waals surface area contributed by atoms with Gasteiger partial charge in [-0.2, -0.15) is 0 Å². The first kappa shape index (κ1) is 18.2. The van der Waals surface area contributed by atoms with E-state index >= 15 is 0 Å². The van der Waals surface area contributed by atoms with E-state index in [2.05, 4.69) is 25.4 Å². The summed E-state index contributed by atoms with van der Waals surface area (Å²) >= 11 is 1.45. The number of aromatic amines is 1. The van der Waals surface area contributed by atoms with Crippen LogP contribution in [0.5, 0.6) is 0 Å². The fourth-order valence-electron chi connectivity index (χ4n) is 2.59. The lowest BCUT2D eigenvalue weighted by molar-refractivity contribution is 0.509. The highest BCUT2D eigenvalue weighted by Gasteiger charge is 2.18. The van der Waals surface area contributed by atoms with Gasteiger partial charge >= 0.3 is 0 Å². The van der Waals surface area contributed by atoms with Crippen molar-refractivity contribution < 1.29 is 8.83 Å². The summed E-state index contributed by atoms with van der Waals surface area (Å²) in [6, 6.07) is 11.8. The lowest BCUT2D eigenvalue weighted by Gasteiger charge is -2.02. The number of rotatable bonds is 6. The number of benzene rings is 1. The highest BCUT2D eigenvalue weighted by molar-refractivity contribution is 7.99. The van der Waals surface area contributed by atoms with Gasteiger partial charge in [0.25, 0.3) is 0 Å². The van der Waals surface area contributed by atoms with E-state index in [4.69, 9.17) is 8.83 Å². The van der Waals surface area contributed by atoms with Gasteiger partial charge in [-0.25, -0.2) is 4.98 Å². The van der Waals surface area contributed by atoms with Crippen LogP contribution in [0.2, 0.25) is 0 Å².